The van der Waals surface area contributed by atoms with Gasteiger partial charge in [0.05, 0.1) is 11.2 Å². The highest BCUT2D eigenvalue weighted by Crippen LogP contribution is 2.43. The second-order valence-electron chi connectivity index (χ2n) is 17.8. The van der Waals surface area contributed by atoms with E-state index in [0.717, 1.165) is 11.3 Å². The normalized spacial score (nSPS) is 13.9. The monoisotopic (exact) mass is 680 g/mol. The Morgan fingerprint density at radius 1 is 0.549 bits per heavy atom. The maximum atomic E-state index is 4.60. The summed E-state index contributed by atoms with van der Waals surface area (Å²) < 4.78 is 2.61. The molecule has 0 spiro atoms. The third-order valence-electron chi connectivity index (χ3n) is 11.2. The van der Waals surface area contributed by atoms with Crippen molar-refractivity contribution < 1.29 is 0 Å². The summed E-state index contributed by atoms with van der Waals surface area (Å²) in [7, 11) is 0. The van der Waals surface area contributed by atoms with Gasteiger partial charge in [-0.2, -0.15) is 0 Å². The zero-order valence-corrected chi connectivity index (χ0v) is 32.1. The standard InChI is InChI=1S/C47H45BN2S/c1-45(2,3)31-17-19-39-34(24-31)35-25-33(47(7,8)9)27-37-44(35)50(39)40-22-30(28-13-15-29(16-14-28)38-12-10-11-21-49-38)23-42-43(40)48(37)36-26-32(46(4,5)6)18-20-41(36)51-42/h10-27H,1-9H3. The lowest BCUT2D eigenvalue weighted by Crippen LogP contribution is -2.59. The third kappa shape index (κ3) is 5.12. The molecule has 2 aliphatic heterocycles. The molecule has 0 atom stereocenters. The Kier molecular flexibility index (Phi) is 6.97. The van der Waals surface area contributed by atoms with Gasteiger partial charge in [0.15, 0.2) is 0 Å². The first kappa shape index (κ1) is 32.4. The van der Waals surface area contributed by atoms with Gasteiger partial charge in [0, 0.05) is 43.5 Å². The molecule has 252 valence electrons. The van der Waals surface area contributed by atoms with Crippen molar-refractivity contribution in [2.24, 2.45) is 0 Å². The van der Waals surface area contributed by atoms with Crippen molar-refractivity contribution >= 4 is 56.7 Å². The molecule has 9 rings (SSSR count). The Hall–Kier alpha value is -4.54. The molecule has 51 heavy (non-hydrogen) atoms. The van der Waals surface area contributed by atoms with E-state index >= 15 is 0 Å². The van der Waals surface area contributed by atoms with Gasteiger partial charge in [0.2, 0.25) is 6.71 Å². The fourth-order valence-corrected chi connectivity index (χ4v) is 9.37. The first-order valence-electron chi connectivity index (χ1n) is 18.3. The van der Waals surface area contributed by atoms with E-state index in [0.29, 0.717) is 0 Å². The van der Waals surface area contributed by atoms with Crippen LogP contribution in [-0.2, 0) is 16.2 Å². The van der Waals surface area contributed by atoms with Crippen LogP contribution < -0.4 is 16.4 Å². The smallest absolute Gasteiger partial charge is 0.249 e. The summed E-state index contributed by atoms with van der Waals surface area (Å²) in [5.41, 5.74) is 17.1. The highest BCUT2D eigenvalue weighted by atomic mass is 32.2. The minimum Gasteiger partial charge on any atom is -0.310 e. The van der Waals surface area contributed by atoms with Gasteiger partial charge in [-0.05, 0) is 104 Å². The molecule has 2 aliphatic rings. The van der Waals surface area contributed by atoms with Crippen LogP contribution in [0.15, 0.2) is 119 Å². The number of fused-ring (bicyclic) bond motifs is 7. The minimum atomic E-state index is 0.00858. The van der Waals surface area contributed by atoms with E-state index in [1.807, 2.05) is 24.0 Å². The number of rotatable bonds is 2. The average molecular weight is 681 g/mol. The predicted molar refractivity (Wildman–Crippen MR) is 221 cm³/mol. The van der Waals surface area contributed by atoms with Gasteiger partial charge in [0.1, 0.15) is 0 Å². The molecule has 4 heteroatoms. The molecule has 7 aromatic rings. The molecule has 0 saturated heterocycles. The molecule has 4 heterocycles. The number of nitrogens with zero attached hydrogens (tertiary/aromatic N) is 2. The van der Waals surface area contributed by atoms with Crippen molar-refractivity contribution in [3.63, 3.8) is 0 Å². The van der Waals surface area contributed by atoms with E-state index in [1.165, 1.54) is 81.5 Å². The lowest BCUT2D eigenvalue weighted by atomic mass is 9.35. The molecule has 0 amide bonds. The van der Waals surface area contributed by atoms with Crippen LogP contribution in [-0.4, -0.2) is 16.3 Å². The molecule has 0 aliphatic carbocycles. The maximum absolute atomic E-state index is 4.60. The van der Waals surface area contributed by atoms with Gasteiger partial charge < -0.3 is 4.57 Å². The lowest BCUT2D eigenvalue weighted by Gasteiger charge is -2.35. The molecular formula is C47H45BN2S. The van der Waals surface area contributed by atoms with Gasteiger partial charge in [-0.1, -0.05) is 134 Å². The Labute approximate surface area is 307 Å². The average Bonchev–Trinajstić information content (AvgIpc) is 3.43. The first-order valence-corrected chi connectivity index (χ1v) is 19.1. The first-order chi connectivity index (χ1) is 24.2. The molecular weight excluding hydrogens is 635 g/mol. The Morgan fingerprint density at radius 3 is 1.88 bits per heavy atom. The SMILES string of the molecule is CC(C)(C)c1ccc2c(c1)B1c3c(cc(-c4ccc(-c5ccccn5)cc4)cc3-n3c4ccc(C(C)(C)C)cc4c4cc(C(C)(C)C)cc1c43)S2. The van der Waals surface area contributed by atoms with E-state index in [4.69, 9.17) is 0 Å². The minimum absolute atomic E-state index is 0.00858. The van der Waals surface area contributed by atoms with Gasteiger partial charge in [0.25, 0.3) is 0 Å². The lowest BCUT2D eigenvalue weighted by molar-refractivity contribution is 0.590. The molecule has 0 unspecified atom stereocenters. The van der Waals surface area contributed by atoms with Gasteiger partial charge in [-0.25, -0.2) is 0 Å². The zero-order valence-electron chi connectivity index (χ0n) is 31.3. The number of aromatic nitrogens is 2. The van der Waals surface area contributed by atoms with Crippen molar-refractivity contribution in [1.82, 2.24) is 9.55 Å². The van der Waals surface area contributed by atoms with Crippen LogP contribution in [0.25, 0.3) is 49.9 Å². The molecule has 0 radical (unpaired) electrons. The summed E-state index contributed by atoms with van der Waals surface area (Å²) in [5.74, 6) is 0. The summed E-state index contributed by atoms with van der Waals surface area (Å²) in [5, 5.41) is 2.71. The molecule has 0 bridgehead atoms. The summed E-state index contributed by atoms with van der Waals surface area (Å²) >= 11 is 1.94. The fourth-order valence-electron chi connectivity index (χ4n) is 8.18. The molecule has 5 aromatic carbocycles. The van der Waals surface area contributed by atoms with Crippen LogP contribution in [0.4, 0.5) is 0 Å². The van der Waals surface area contributed by atoms with Crippen molar-refractivity contribution in [3.05, 3.63) is 126 Å². The predicted octanol–water partition coefficient (Wildman–Crippen LogP) is 10.7. The van der Waals surface area contributed by atoms with Crippen LogP contribution in [0.5, 0.6) is 0 Å². The van der Waals surface area contributed by atoms with E-state index in [1.54, 1.807) is 0 Å². The Bertz CT molecular complexity index is 2540. The van der Waals surface area contributed by atoms with Crippen molar-refractivity contribution in [1.29, 1.82) is 0 Å². The summed E-state index contributed by atoms with van der Waals surface area (Å²) in [6, 6.07) is 39.5. The molecule has 2 nitrogen and oxygen atoms in total. The summed E-state index contributed by atoms with van der Waals surface area (Å²) in [4.78, 5) is 7.31. The second kappa shape index (κ2) is 11.0. The number of hydrogen-bond acceptors (Lipinski definition) is 2. The highest BCUT2D eigenvalue weighted by Gasteiger charge is 2.41. The van der Waals surface area contributed by atoms with Gasteiger partial charge in [-0.3, -0.25) is 4.98 Å². The van der Waals surface area contributed by atoms with Crippen molar-refractivity contribution in [3.8, 4) is 28.1 Å². The van der Waals surface area contributed by atoms with Crippen LogP contribution in [0.2, 0.25) is 0 Å². The van der Waals surface area contributed by atoms with Gasteiger partial charge in [-0.15, -0.1) is 0 Å². The molecule has 2 aromatic heterocycles. The number of benzene rings is 5. The van der Waals surface area contributed by atoms with E-state index in [2.05, 4.69) is 169 Å². The van der Waals surface area contributed by atoms with Crippen LogP contribution in [0.1, 0.15) is 79.0 Å². The molecule has 0 N–H and O–H groups in total. The largest absolute Gasteiger partial charge is 0.310 e. The molecule has 0 fully saturated rings. The second-order valence-corrected chi connectivity index (χ2v) is 18.8. The van der Waals surface area contributed by atoms with Gasteiger partial charge >= 0.3 is 0 Å². The quantitative estimate of drug-likeness (QED) is 0.169. The number of pyridine rings is 1. The fraction of sp³-hybridized carbons (Fsp3) is 0.255. The van der Waals surface area contributed by atoms with Crippen LogP contribution in [0.3, 0.4) is 0 Å². The third-order valence-corrected chi connectivity index (χ3v) is 12.3. The maximum Gasteiger partial charge on any atom is 0.249 e. The van der Waals surface area contributed by atoms with E-state index in [-0.39, 0.29) is 23.0 Å². The summed E-state index contributed by atoms with van der Waals surface area (Å²) in [6.07, 6.45) is 1.86. The highest BCUT2D eigenvalue weighted by molar-refractivity contribution is 8.00. The topological polar surface area (TPSA) is 17.8 Å². The van der Waals surface area contributed by atoms with Crippen molar-refractivity contribution in [2.75, 3.05) is 0 Å². The van der Waals surface area contributed by atoms with Crippen molar-refractivity contribution in [2.45, 2.75) is 88.3 Å². The molecule has 0 saturated carbocycles. The zero-order chi connectivity index (χ0) is 35.6. The van der Waals surface area contributed by atoms with Crippen LogP contribution in [0, 0.1) is 0 Å². The Morgan fingerprint density at radius 2 is 1.20 bits per heavy atom. The van der Waals surface area contributed by atoms with E-state index < -0.39 is 0 Å². The Balaban J connectivity index is 1.37. The van der Waals surface area contributed by atoms with E-state index in [9.17, 15) is 0 Å². The number of hydrogen-bond donors (Lipinski definition) is 0. The summed E-state index contributed by atoms with van der Waals surface area (Å²) in [6.45, 7) is 21.2. The van der Waals surface area contributed by atoms with Crippen LogP contribution >= 0.6 is 11.8 Å².